The lowest BCUT2D eigenvalue weighted by molar-refractivity contribution is 0.583. The number of aliphatic imine (C=N–C) groups is 1. The molecule has 0 saturated heterocycles. The fourth-order valence-corrected chi connectivity index (χ4v) is 2.32. The van der Waals surface area contributed by atoms with Crippen LogP contribution in [0, 0.1) is 28.8 Å². The van der Waals surface area contributed by atoms with Gasteiger partial charge in [0, 0.05) is 18.7 Å². The van der Waals surface area contributed by atoms with Gasteiger partial charge in [-0.3, -0.25) is 0 Å². The molecule has 0 aliphatic heterocycles. The standard InChI is InChI=1S/C19H19F3N4.HI/c1-2-24-19(25-8-7-14-10-16(20)4-6-17(14)21)26-12-15-9-13(11-23)3-5-18(15)22;/h3-6,9-10H,2,7-8,12H2,1H3,(H2,24,25,26);1H. The summed E-state index contributed by atoms with van der Waals surface area (Å²) in [5.41, 5.74) is 0.926. The summed E-state index contributed by atoms with van der Waals surface area (Å²) in [6.07, 6.45) is 0.270. The maximum Gasteiger partial charge on any atom is 0.191 e. The molecule has 0 spiro atoms. The molecule has 0 aliphatic carbocycles. The van der Waals surface area contributed by atoms with Crippen LogP contribution in [0.3, 0.4) is 0 Å². The molecular formula is C19H20F3IN4. The zero-order chi connectivity index (χ0) is 18.9. The van der Waals surface area contributed by atoms with Gasteiger partial charge < -0.3 is 10.6 Å². The predicted octanol–water partition coefficient (Wildman–Crippen LogP) is 3.89. The first kappa shape index (κ1) is 22.8. The van der Waals surface area contributed by atoms with Crippen molar-refractivity contribution >= 4 is 29.9 Å². The van der Waals surface area contributed by atoms with Gasteiger partial charge in [0.25, 0.3) is 0 Å². The van der Waals surface area contributed by atoms with Crippen molar-refractivity contribution < 1.29 is 13.2 Å². The van der Waals surface area contributed by atoms with Gasteiger partial charge in [-0.25, -0.2) is 18.2 Å². The van der Waals surface area contributed by atoms with Crippen LogP contribution in [0.2, 0.25) is 0 Å². The lowest BCUT2D eigenvalue weighted by Gasteiger charge is -2.12. The number of guanidine groups is 1. The lowest BCUT2D eigenvalue weighted by Crippen LogP contribution is -2.38. The van der Waals surface area contributed by atoms with Crippen molar-refractivity contribution in [3.05, 3.63) is 70.5 Å². The number of hydrogen-bond donors (Lipinski definition) is 2. The van der Waals surface area contributed by atoms with Crippen molar-refractivity contribution in [1.82, 2.24) is 10.6 Å². The molecular weight excluding hydrogens is 468 g/mol. The van der Waals surface area contributed by atoms with Crippen LogP contribution in [0.1, 0.15) is 23.6 Å². The van der Waals surface area contributed by atoms with E-state index in [0.29, 0.717) is 30.2 Å². The van der Waals surface area contributed by atoms with Crippen molar-refractivity contribution in [2.75, 3.05) is 13.1 Å². The molecule has 144 valence electrons. The Bertz CT molecular complexity index is 834. The Labute approximate surface area is 173 Å². The molecule has 2 aromatic rings. The number of nitriles is 1. The van der Waals surface area contributed by atoms with Crippen LogP contribution in [-0.4, -0.2) is 19.0 Å². The van der Waals surface area contributed by atoms with Gasteiger partial charge in [-0.1, -0.05) is 0 Å². The fourth-order valence-electron chi connectivity index (χ4n) is 2.32. The summed E-state index contributed by atoms with van der Waals surface area (Å²) in [7, 11) is 0. The highest BCUT2D eigenvalue weighted by Crippen LogP contribution is 2.12. The summed E-state index contributed by atoms with van der Waals surface area (Å²) >= 11 is 0. The Morgan fingerprint density at radius 3 is 2.44 bits per heavy atom. The molecule has 8 heteroatoms. The summed E-state index contributed by atoms with van der Waals surface area (Å²) in [6.45, 7) is 2.83. The molecule has 0 unspecified atom stereocenters. The van der Waals surface area contributed by atoms with Gasteiger partial charge in [0.1, 0.15) is 17.5 Å². The van der Waals surface area contributed by atoms with Gasteiger partial charge in [0.05, 0.1) is 18.2 Å². The SMILES string of the molecule is CCNC(=NCc1cc(C#N)ccc1F)NCCc1cc(F)ccc1F.I. The molecule has 0 heterocycles. The maximum absolute atomic E-state index is 13.8. The third-order valence-electron chi connectivity index (χ3n) is 3.62. The van der Waals surface area contributed by atoms with Gasteiger partial charge in [0.2, 0.25) is 0 Å². The van der Waals surface area contributed by atoms with Gasteiger partial charge in [0.15, 0.2) is 5.96 Å². The van der Waals surface area contributed by atoms with Crippen molar-refractivity contribution in [1.29, 1.82) is 5.26 Å². The van der Waals surface area contributed by atoms with Crippen LogP contribution in [0.15, 0.2) is 41.4 Å². The highest BCUT2D eigenvalue weighted by atomic mass is 127. The first-order chi connectivity index (χ1) is 12.5. The van der Waals surface area contributed by atoms with E-state index in [1.54, 1.807) is 0 Å². The van der Waals surface area contributed by atoms with E-state index >= 15 is 0 Å². The fraction of sp³-hybridized carbons (Fsp3) is 0.263. The molecule has 2 aromatic carbocycles. The summed E-state index contributed by atoms with van der Waals surface area (Å²) in [5.74, 6) is -0.975. The van der Waals surface area contributed by atoms with Crippen molar-refractivity contribution in [3.8, 4) is 6.07 Å². The topological polar surface area (TPSA) is 60.2 Å². The molecule has 0 saturated carbocycles. The zero-order valence-electron chi connectivity index (χ0n) is 14.7. The lowest BCUT2D eigenvalue weighted by atomic mass is 10.1. The van der Waals surface area contributed by atoms with Crippen LogP contribution >= 0.6 is 24.0 Å². The monoisotopic (exact) mass is 488 g/mol. The molecule has 0 amide bonds. The van der Waals surface area contributed by atoms with Crippen molar-refractivity contribution in [2.24, 2.45) is 4.99 Å². The molecule has 0 bridgehead atoms. The molecule has 0 aromatic heterocycles. The van der Waals surface area contributed by atoms with E-state index in [4.69, 9.17) is 5.26 Å². The smallest absolute Gasteiger partial charge is 0.191 e. The third kappa shape index (κ3) is 7.09. The van der Waals surface area contributed by atoms with E-state index in [-0.39, 0.29) is 42.5 Å². The summed E-state index contributed by atoms with van der Waals surface area (Å²) in [6, 6.07) is 9.36. The molecule has 0 fully saturated rings. The van der Waals surface area contributed by atoms with Gasteiger partial charge in [-0.2, -0.15) is 5.26 Å². The highest BCUT2D eigenvalue weighted by molar-refractivity contribution is 14.0. The van der Waals surface area contributed by atoms with Crippen LogP contribution in [0.25, 0.3) is 0 Å². The summed E-state index contributed by atoms with van der Waals surface area (Å²) in [4.78, 5) is 4.27. The van der Waals surface area contributed by atoms with Gasteiger partial charge in [-0.05, 0) is 55.3 Å². The Morgan fingerprint density at radius 2 is 1.74 bits per heavy atom. The Balaban J connectivity index is 0.00000364. The molecule has 4 nitrogen and oxygen atoms in total. The van der Waals surface area contributed by atoms with E-state index in [1.807, 2.05) is 13.0 Å². The minimum absolute atomic E-state index is 0. The molecule has 0 radical (unpaired) electrons. The van der Waals surface area contributed by atoms with E-state index in [1.165, 1.54) is 18.2 Å². The van der Waals surface area contributed by atoms with Crippen LogP contribution in [0.5, 0.6) is 0 Å². The molecule has 2 rings (SSSR count). The Morgan fingerprint density at radius 1 is 1.04 bits per heavy atom. The number of halogens is 4. The second-order valence-corrected chi connectivity index (χ2v) is 5.53. The van der Waals surface area contributed by atoms with Crippen LogP contribution in [-0.2, 0) is 13.0 Å². The number of nitrogens with zero attached hydrogens (tertiary/aromatic N) is 2. The number of rotatable bonds is 6. The summed E-state index contributed by atoms with van der Waals surface area (Å²) in [5, 5.41) is 14.9. The predicted molar refractivity (Wildman–Crippen MR) is 109 cm³/mol. The Kier molecular flexibility index (Phi) is 9.64. The highest BCUT2D eigenvalue weighted by Gasteiger charge is 2.06. The van der Waals surface area contributed by atoms with Gasteiger partial charge in [-0.15, -0.1) is 24.0 Å². The molecule has 0 atom stereocenters. The third-order valence-corrected chi connectivity index (χ3v) is 3.62. The number of benzene rings is 2. The normalized spacial score (nSPS) is 10.7. The average Bonchev–Trinajstić information content (AvgIpc) is 2.63. The second kappa shape index (κ2) is 11.4. The van der Waals surface area contributed by atoms with E-state index in [2.05, 4.69) is 15.6 Å². The minimum atomic E-state index is -0.491. The molecule has 0 aliphatic rings. The quantitative estimate of drug-likeness (QED) is 0.369. The first-order valence-corrected chi connectivity index (χ1v) is 8.18. The van der Waals surface area contributed by atoms with Crippen LogP contribution < -0.4 is 10.6 Å². The van der Waals surface area contributed by atoms with Crippen molar-refractivity contribution in [2.45, 2.75) is 19.9 Å². The van der Waals surface area contributed by atoms with E-state index in [0.717, 1.165) is 18.2 Å². The summed E-state index contributed by atoms with van der Waals surface area (Å²) < 4.78 is 40.6. The molecule has 27 heavy (non-hydrogen) atoms. The maximum atomic E-state index is 13.8. The average molecular weight is 488 g/mol. The van der Waals surface area contributed by atoms with Gasteiger partial charge >= 0.3 is 0 Å². The van der Waals surface area contributed by atoms with Crippen LogP contribution in [0.4, 0.5) is 13.2 Å². The van der Waals surface area contributed by atoms with Crippen molar-refractivity contribution in [3.63, 3.8) is 0 Å². The number of hydrogen-bond acceptors (Lipinski definition) is 2. The molecule has 2 N–H and O–H groups in total. The largest absolute Gasteiger partial charge is 0.357 e. The van der Waals surface area contributed by atoms with E-state index < -0.39 is 17.5 Å². The first-order valence-electron chi connectivity index (χ1n) is 8.18. The van der Waals surface area contributed by atoms with E-state index in [9.17, 15) is 13.2 Å². The minimum Gasteiger partial charge on any atom is -0.357 e. The second-order valence-electron chi connectivity index (χ2n) is 5.53. The number of nitrogens with one attached hydrogen (secondary N) is 2. The Hall–Kier alpha value is -2.28. The zero-order valence-corrected chi connectivity index (χ0v) is 17.1.